The quantitative estimate of drug-likeness (QED) is 0.414. The van der Waals surface area contributed by atoms with Crippen LogP contribution in [-0.4, -0.2) is 25.0 Å². The normalized spacial score (nSPS) is 14.8. The molecule has 1 N–H and O–H groups in total. The molecule has 3 aromatic carbocycles. The van der Waals surface area contributed by atoms with Crippen LogP contribution in [0.25, 0.3) is 6.08 Å². The van der Waals surface area contributed by atoms with Gasteiger partial charge < -0.3 is 9.47 Å². The predicted molar refractivity (Wildman–Crippen MR) is 129 cm³/mol. The van der Waals surface area contributed by atoms with Gasteiger partial charge in [0.2, 0.25) is 0 Å². The number of imide groups is 2. The van der Waals surface area contributed by atoms with E-state index in [1.54, 1.807) is 54.6 Å². The number of hydrogen-bond donors (Lipinski definition) is 1. The largest absolute Gasteiger partial charge is 0.493 e. The number of nitrogens with one attached hydrogen (secondary N) is 1. The third-order valence-electron chi connectivity index (χ3n) is 5.69. The average molecular weight is 474 g/mol. The summed E-state index contributed by atoms with van der Waals surface area (Å²) < 4.78 is 25.0. The molecule has 1 aliphatic heterocycles. The molecule has 1 aliphatic rings. The van der Waals surface area contributed by atoms with Crippen LogP contribution in [0.3, 0.4) is 0 Å². The fourth-order valence-corrected chi connectivity index (χ4v) is 3.59. The monoisotopic (exact) mass is 474 g/mol. The van der Waals surface area contributed by atoms with E-state index in [0.29, 0.717) is 28.3 Å². The Labute approximate surface area is 201 Å². The zero-order valence-corrected chi connectivity index (χ0v) is 19.4. The van der Waals surface area contributed by atoms with Gasteiger partial charge in [-0.3, -0.25) is 14.9 Å². The first kappa shape index (κ1) is 23.7. The molecule has 0 radical (unpaired) electrons. The summed E-state index contributed by atoms with van der Waals surface area (Å²) in [7, 11) is 1.45. The molecule has 1 fully saturated rings. The van der Waals surface area contributed by atoms with Crippen LogP contribution in [0.5, 0.6) is 11.5 Å². The van der Waals surface area contributed by atoms with E-state index in [1.165, 1.54) is 19.3 Å². The second kappa shape index (κ2) is 9.80. The smallest absolute Gasteiger partial charge is 0.335 e. The third kappa shape index (κ3) is 4.91. The standard InChI is InChI=1S/C27H23FN2O5/c1-16-8-10-20(12-17(16)2)30-26(32)21(25(31)29-27(30)33)13-18-9-11-23(24(14-18)34-3)35-15-19-6-4-5-7-22(19)28/h4-14H,15H2,1-3H3,(H,29,31,33)/b21-13+. The number of hydrogen-bond acceptors (Lipinski definition) is 5. The maximum Gasteiger partial charge on any atom is 0.335 e. The molecule has 178 valence electrons. The van der Waals surface area contributed by atoms with Crippen LogP contribution in [-0.2, 0) is 16.2 Å². The SMILES string of the molecule is COc1cc(/C=C2\C(=O)NC(=O)N(c3ccc(C)c(C)c3)C2=O)ccc1OCc1ccccc1F. The minimum absolute atomic E-state index is 0.00258. The molecule has 4 rings (SSSR count). The van der Waals surface area contributed by atoms with E-state index in [0.717, 1.165) is 16.0 Å². The molecule has 0 spiro atoms. The van der Waals surface area contributed by atoms with Gasteiger partial charge in [-0.25, -0.2) is 14.1 Å². The first-order valence-corrected chi connectivity index (χ1v) is 10.8. The van der Waals surface area contributed by atoms with Gasteiger partial charge in [-0.2, -0.15) is 0 Å². The lowest BCUT2D eigenvalue weighted by atomic mass is 10.0. The van der Waals surface area contributed by atoms with Gasteiger partial charge in [-0.15, -0.1) is 0 Å². The summed E-state index contributed by atoms with van der Waals surface area (Å²) in [6.07, 6.45) is 1.38. The van der Waals surface area contributed by atoms with Crippen molar-refractivity contribution < 1.29 is 28.2 Å². The lowest BCUT2D eigenvalue weighted by molar-refractivity contribution is -0.122. The number of urea groups is 1. The summed E-state index contributed by atoms with van der Waals surface area (Å²) in [4.78, 5) is 39.0. The number of carbonyl (C=O) groups excluding carboxylic acids is 3. The summed E-state index contributed by atoms with van der Waals surface area (Å²) in [5, 5.41) is 2.21. The highest BCUT2D eigenvalue weighted by Gasteiger charge is 2.37. The lowest BCUT2D eigenvalue weighted by Gasteiger charge is -2.26. The third-order valence-corrected chi connectivity index (χ3v) is 5.69. The molecule has 4 amide bonds. The fraction of sp³-hybridized carbons (Fsp3) is 0.148. The highest BCUT2D eigenvalue weighted by atomic mass is 19.1. The first-order chi connectivity index (χ1) is 16.8. The Balaban J connectivity index is 1.61. The van der Waals surface area contributed by atoms with Gasteiger partial charge in [-0.1, -0.05) is 30.3 Å². The minimum atomic E-state index is -0.810. The number of methoxy groups -OCH3 is 1. The molecule has 35 heavy (non-hydrogen) atoms. The zero-order valence-electron chi connectivity index (χ0n) is 19.4. The van der Waals surface area contributed by atoms with Crippen molar-refractivity contribution in [3.8, 4) is 11.5 Å². The van der Waals surface area contributed by atoms with Crippen LogP contribution in [0, 0.1) is 19.7 Å². The average Bonchev–Trinajstić information content (AvgIpc) is 2.83. The molecule has 0 unspecified atom stereocenters. The zero-order chi connectivity index (χ0) is 25.1. The molecule has 0 aliphatic carbocycles. The van der Waals surface area contributed by atoms with E-state index in [-0.39, 0.29) is 18.0 Å². The molecular weight excluding hydrogens is 451 g/mol. The molecule has 7 nitrogen and oxygen atoms in total. The summed E-state index contributed by atoms with van der Waals surface area (Å²) >= 11 is 0. The number of carbonyl (C=O) groups is 3. The van der Waals surface area contributed by atoms with Gasteiger partial charge in [0.1, 0.15) is 18.0 Å². The number of aryl methyl sites for hydroxylation is 2. The number of benzene rings is 3. The molecule has 0 bridgehead atoms. The Kier molecular flexibility index (Phi) is 6.64. The van der Waals surface area contributed by atoms with E-state index >= 15 is 0 Å². The number of nitrogens with zero attached hydrogens (tertiary/aromatic N) is 1. The van der Waals surface area contributed by atoms with Crippen LogP contribution in [0.1, 0.15) is 22.3 Å². The highest BCUT2D eigenvalue weighted by molar-refractivity contribution is 6.39. The Morgan fingerprint density at radius 1 is 0.943 bits per heavy atom. The Morgan fingerprint density at radius 2 is 1.71 bits per heavy atom. The summed E-state index contributed by atoms with van der Waals surface area (Å²) in [6, 6.07) is 15.5. The van der Waals surface area contributed by atoms with Crippen molar-refractivity contribution in [3.63, 3.8) is 0 Å². The van der Waals surface area contributed by atoms with E-state index in [2.05, 4.69) is 5.32 Å². The van der Waals surface area contributed by atoms with Gasteiger partial charge in [0.05, 0.1) is 12.8 Å². The van der Waals surface area contributed by atoms with E-state index < -0.39 is 17.8 Å². The van der Waals surface area contributed by atoms with Crippen molar-refractivity contribution in [3.05, 3.63) is 94.3 Å². The molecule has 0 aromatic heterocycles. The maximum atomic E-state index is 13.9. The van der Waals surface area contributed by atoms with Gasteiger partial charge >= 0.3 is 6.03 Å². The van der Waals surface area contributed by atoms with Crippen LogP contribution in [0.2, 0.25) is 0 Å². The van der Waals surface area contributed by atoms with Gasteiger partial charge in [0.25, 0.3) is 11.8 Å². The van der Waals surface area contributed by atoms with Gasteiger partial charge in [-0.05, 0) is 66.9 Å². The fourth-order valence-electron chi connectivity index (χ4n) is 3.59. The van der Waals surface area contributed by atoms with Crippen molar-refractivity contribution in [1.29, 1.82) is 0 Å². The van der Waals surface area contributed by atoms with Gasteiger partial charge in [0.15, 0.2) is 11.5 Å². The number of ether oxygens (including phenoxy) is 2. The van der Waals surface area contributed by atoms with E-state index in [9.17, 15) is 18.8 Å². The first-order valence-electron chi connectivity index (χ1n) is 10.8. The molecule has 3 aromatic rings. The van der Waals surface area contributed by atoms with Crippen LogP contribution in [0.15, 0.2) is 66.2 Å². The molecule has 1 heterocycles. The summed E-state index contributed by atoms with van der Waals surface area (Å²) in [5.41, 5.74) is 2.94. The number of anilines is 1. The highest BCUT2D eigenvalue weighted by Crippen LogP contribution is 2.31. The Bertz CT molecular complexity index is 1370. The van der Waals surface area contributed by atoms with Crippen molar-refractivity contribution in [2.75, 3.05) is 12.0 Å². The number of amides is 4. The van der Waals surface area contributed by atoms with Crippen LogP contribution < -0.4 is 19.7 Å². The van der Waals surface area contributed by atoms with E-state index in [1.807, 2.05) is 13.8 Å². The van der Waals surface area contributed by atoms with Crippen LogP contribution in [0.4, 0.5) is 14.9 Å². The van der Waals surface area contributed by atoms with Crippen molar-refractivity contribution in [1.82, 2.24) is 5.32 Å². The Morgan fingerprint density at radius 3 is 2.43 bits per heavy atom. The summed E-state index contributed by atoms with van der Waals surface area (Å²) in [6.45, 7) is 3.79. The summed E-state index contributed by atoms with van der Waals surface area (Å²) in [5.74, 6) is -1.21. The number of halogens is 1. The van der Waals surface area contributed by atoms with Crippen LogP contribution >= 0.6 is 0 Å². The minimum Gasteiger partial charge on any atom is -0.493 e. The second-order valence-corrected chi connectivity index (χ2v) is 8.02. The van der Waals surface area contributed by atoms with E-state index in [4.69, 9.17) is 9.47 Å². The van der Waals surface area contributed by atoms with Crippen molar-refractivity contribution in [2.45, 2.75) is 20.5 Å². The van der Waals surface area contributed by atoms with Crippen molar-refractivity contribution in [2.24, 2.45) is 0 Å². The number of rotatable bonds is 6. The second-order valence-electron chi connectivity index (χ2n) is 8.02. The molecule has 0 atom stereocenters. The van der Waals surface area contributed by atoms with Gasteiger partial charge in [0, 0.05) is 5.56 Å². The maximum absolute atomic E-state index is 13.9. The Hall–Kier alpha value is -4.46. The molecule has 0 saturated carbocycles. The molecule has 8 heteroatoms. The number of barbiturate groups is 1. The molecular formula is C27H23FN2O5. The van der Waals surface area contributed by atoms with Crippen molar-refractivity contribution >= 4 is 29.6 Å². The topological polar surface area (TPSA) is 84.9 Å². The predicted octanol–water partition coefficient (Wildman–Crippen LogP) is 4.70. The lowest BCUT2D eigenvalue weighted by Crippen LogP contribution is -2.54. The molecule has 1 saturated heterocycles.